The lowest BCUT2D eigenvalue weighted by molar-refractivity contribution is 0.0635. The van der Waals surface area contributed by atoms with Gasteiger partial charge in [0.2, 0.25) is 0 Å². The third-order valence-electron chi connectivity index (χ3n) is 4.40. The zero-order valence-electron chi connectivity index (χ0n) is 18.3. The van der Waals surface area contributed by atoms with Crippen molar-refractivity contribution in [3.05, 3.63) is 83.7 Å². The maximum atomic E-state index is 12.9. The van der Waals surface area contributed by atoms with Crippen molar-refractivity contribution in [1.29, 1.82) is 0 Å². The summed E-state index contributed by atoms with van der Waals surface area (Å²) in [7, 11) is 1.74. The fourth-order valence-corrected chi connectivity index (χ4v) is 3.06. The highest BCUT2D eigenvalue weighted by Crippen LogP contribution is 2.16. The molecular formula is C24H28N4O3. The van der Waals surface area contributed by atoms with Crippen LogP contribution >= 0.6 is 0 Å². The number of amides is 2. The molecule has 3 aromatic rings. The Bertz CT molecular complexity index is 1040. The smallest absolute Gasteiger partial charge is 0.412 e. The summed E-state index contributed by atoms with van der Waals surface area (Å²) >= 11 is 0. The van der Waals surface area contributed by atoms with Gasteiger partial charge in [-0.1, -0.05) is 36.4 Å². The number of aromatic nitrogens is 2. The zero-order valence-corrected chi connectivity index (χ0v) is 18.3. The lowest BCUT2D eigenvalue weighted by Gasteiger charge is -2.20. The van der Waals surface area contributed by atoms with E-state index in [9.17, 15) is 9.59 Å². The summed E-state index contributed by atoms with van der Waals surface area (Å²) in [6, 6.07) is 16.9. The fourth-order valence-electron chi connectivity index (χ4n) is 3.06. The summed E-state index contributed by atoms with van der Waals surface area (Å²) in [6.07, 6.45) is 3.15. The molecule has 1 aromatic heterocycles. The van der Waals surface area contributed by atoms with Crippen molar-refractivity contribution < 1.29 is 14.3 Å². The SMILES string of the molecule is CN(Cc1cnn(Cc2ccccc2)c1)C(=O)c1cccc(NC(=O)OC(C)(C)C)c1. The summed E-state index contributed by atoms with van der Waals surface area (Å²) in [5, 5.41) is 7.05. The van der Waals surface area contributed by atoms with Gasteiger partial charge in [-0.15, -0.1) is 0 Å². The summed E-state index contributed by atoms with van der Waals surface area (Å²) in [5.74, 6) is -0.149. The van der Waals surface area contributed by atoms with E-state index in [1.807, 2.05) is 29.1 Å². The molecule has 2 aromatic carbocycles. The molecule has 0 aliphatic heterocycles. The van der Waals surface area contributed by atoms with Crippen LogP contribution in [0.3, 0.4) is 0 Å². The van der Waals surface area contributed by atoms with Crippen molar-refractivity contribution in [2.75, 3.05) is 12.4 Å². The van der Waals surface area contributed by atoms with Crippen molar-refractivity contribution in [2.24, 2.45) is 0 Å². The Hall–Kier alpha value is -3.61. The molecule has 0 radical (unpaired) electrons. The molecule has 2 amide bonds. The average Bonchev–Trinajstić information content (AvgIpc) is 3.13. The van der Waals surface area contributed by atoms with Crippen LogP contribution in [0.25, 0.3) is 0 Å². The minimum absolute atomic E-state index is 0.149. The molecule has 0 bridgehead atoms. The summed E-state index contributed by atoms with van der Waals surface area (Å²) < 4.78 is 7.11. The predicted molar refractivity (Wildman–Crippen MR) is 120 cm³/mol. The molecule has 0 atom stereocenters. The van der Waals surface area contributed by atoms with Gasteiger partial charge in [-0.05, 0) is 44.5 Å². The van der Waals surface area contributed by atoms with E-state index in [0.29, 0.717) is 24.3 Å². The topological polar surface area (TPSA) is 76.5 Å². The maximum absolute atomic E-state index is 12.9. The van der Waals surface area contributed by atoms with Gasteiger partial charge in [0.1, 0.15) is 5.60 Å². The standard InChI is InChI=1S/C24H28N4O3/c1-24(2,3)31-23(30)26-21-12-8-11-20(13-21)22(29)27(4)15-19-14-25-28(17-19)16-18-9-6-5-7-10-18/h5-14,17H,15-16H2,1-4H3,(H,26,30). The normalized spacial score (nSPS) is 11.1. The van der Waals surface area contributed by atoms with E-state index in [1.54, 1.807) is 63.2 Å². The lowest BCUT2D eigenvalue weighted by Crippen LogP contribution is -2.28. The molecule has 3 rings (SSSR count). The van der Waals surface area contributed by atoms with Crippen LogP contribution in [0.5, 0.6) is 0 Å². The fraction of sp³-hybridized carbons (Fsp3) is 0.292. The van der Waals surface area contributed by atoms with E-state index in [4.69, 9.17) is 4.74 Å². The highest BCUT2D eigenvalue weighted by Gasteiger charge is 2.17. The number of nitrogens with one attached hydrogen (secondary N) is 1. The third kappa shape index (κ3) is 6.70. The summed E-state index contributed by atoms with van der Waals surface area (Å²) in [4.78, 5) is 26.5. The molecule has 1 N–H and O–H groups in total. The minimum Gasteiger partial charge on any atom is -0.444 e. The largest absolute Gasteiger partial charge is 0.444 e. The van der Waals surface area contributed by atoms with E-state index in [-0.39, 0.29) is 5.91 Å². The van der Waals surface area contributed by atoms with Crippen LogP contribution in [0.15, 0.2) is 67.0 Å². The van der Waals surface area contributed by atoms with Crippen LogP contribution in [0.1, 0.15) is 42.3 Å². The van der Waals surface area contributed by atoms with Crippen molar-refractivity contribution >= 4 is 17.7 Å². The molecule has 0 saturated heterocycles. The van der Waals surface area contributed by atoms with Crippen LogP contribution in [0, 0.1) is 0 Å². The summed E-state index contributed by atoms with van der Waals surface area (Å²) in [5.41, 5.74) is 2.49. The third-order valence-corrected chi connectivity index (χ3v) is 4.40. The molecule has 0 aliphatic rings. The Morgan fingerprint density at radius 2 is 1.81 bits per heavy atom. The number of rotatable bonds is 6. The Balaban J connectivity index is 1.61. The van der Waals surface area contributed by atoms with Crippen molar-refractivity contribution in [1.82, 2.24) is 14.7 Å². The zero-order chi connectivity index (χ0) is 22.4. The average molecular weight is 421 g/mol. The molecule has 31 heavy (non-hydrogen) atoms. The van der Waals surface area contributed by atoms with Crippen LogP contribution in [0.4, 0.5) is 10.5 Å². The van der Waals surface area contributed by atoms with Gasteiger partial charge in [-0.25, -0.2) is 4.79 Å². The minimum atomic E-state index is -0.595. The van der Waals surface area contributed by atoms with Crippen molar-refractivity contribution in [3.8, 4) is 0 Å². The van der Waals surface area contributed by atoms with Gasteiger partial charge in [0, 0.05) is 36.6 Å². The van der Waals surface area contributed by atoms with Crippen LogP contribution < -0.4 is 5.32 Å². The number of carbonyl (C=O) groups excluding carboxylic acids is 2. The monoisotopic (exact) mass is 420 g/mol. The number of carbonyl (C=O) groups is 2. The van der Waals surface area contributed by atoms with Crippen molar-refractivity contribution in [2.45, 2.75) is 39.5 Å². The van der Waals surface area contributed by atoms with Crippen LogP contribution in [-0.2, 0) is 17.8 Å². The van der Waals surface area contributed by atoms with Gasteiger partial charge in [-0.3, -0.25) is 14.8 Å². The molecule has 7 nitrogen and oxygen atoms in total. The van der Waals surface area contributed by atoms with Gasteiger partial charge in [0.15, 0.2) is 0 Å². The van der Waals surface area contributed by atoms with Gasteiger partial charge in [0.05, 0.1) is 12.7 Å². The second kappa shape index (κ2) is 9.47. The highest BCUT2D eigenvalue weighted by atomic mass is 16.6. The van der Waals surface area contributed by atoms with E-state index in [1.165, 1.54) is 0 Å². The first kappa shape index (κ1) is 22.1. The Labute approximate surface area is 182 Å². The Morgan fingerprint density at radius 3 is 2.52 bits per heavy atom. The van der Waals surface area contributed by atoms with Gasteiger partial charge >= 0.3 is 6.09 Å². The maximum Gasteiger partial charge on any atom is 0.412 e. The number of hydrogen-bond donors (Lipinski definition) is 1. The second-order valence-corrected chi connectivity index (χ2v) is 8.40. The quantitative estimate of drug-likeness (QED) is 0.635. The number of nitrogens with zero attached hydrogens (tertiary/aromatic N) is 3. The first-order chi connectivity index (χ1) is 14.7. The molecule has 0 aliphatic carbocycles. The lowest BCUT2D eigenvalue weighted by atomic mass is 10.1. The van der Waals surface area contributed by atoms with Crippen LogP contribution in [0.2, 0.25) is 0 Å². The molecule has 0 fully saturated rings. The first-order valence-corrected chi connectivity index (χ1v) is 10.1. The number of benzene rings is 2. The molecule has 162 valence electrons. The first-order valence-electron chi connectivity index (χ1n) is 10.1. The van der Waals surface area contributed by atoms with E-state index in [2.05, 4.69) is 22.5 Å². The van der Waals surface area contributed by atoms with Crippen LogP contribution in [-0.4, -0.2) is 39.3 Å². The second-order valence-electron chi connectivity index (χ2n) is 8.40. The number of anilines is 1. The van der Waals surface area contributed by atoms with E-state index >= 15 is 0 Å². The molecule has 1 heterocycles. The van der Waals surface area contributed by atoms with Crippen molar-refractivity contribution in [3.63, 3.8) is 0 Å². The molecule has 7 heteroatoms. The highest BCUT2D eigenvalue weighted by molar-refractivity contribution is 5.96. The molecule has 0 unspecified atom stereocenters. The van der Waals surface area contributed by atoms with Gasteiger partial charge in [-0.2, -0.15) is 5.10 Å². The van der Waals surface area contributed by atoms with Gasteiger partial charge in [0.25, 0.3) is 5.91 Å². The number of hydrogen-bond acceptors (Lipinski definition) is 4. The van der Waals surface area contributed by atoms with E-state index < -0.39 is 11.7 Å². The predicted octanol–water partition coefficient (Wildman–Crippen LogP) is 4.55. The Morgan fingerprint density at radius 1 is 1.06 bits per heavy atom. The van der Waals surface area contributed by atoms with Gasteiger partial charge < -0.3 is 9.64 Å². The molecule has 0 saturated carbocycles. The Kier molecular flexibility index (Phi) is 6.74. The summed E-state index contributed by atoms with van der Waals surface area (Å²) in [6.45, 7) is 6.49. The molecular weight excluding hydrogens is 392 g/mol. The number of ether oxygens (including phenoxy) is 1. The molecule has 0 spiro atoms. The van der Waals surface area contributed by atoms with E-state index in [0.717, 1.165) is 11.1 Å².